The topological polar surface area (TPSA) is 0 Å². The van der Waals surface area contributed by atoms with Crippen molar-refractivity contribution in [1.29, 1.82) is 0 Å². The zero-order chi connectivity index (χ0) is 30.3. The molecule has 0 radical (unpaired) electrons. The van der Waals surface area contributed by atoms with E-state index in [9.17, 15) is 0 Å². The number of allylic oxidation sites excluding steroid dienone is 2. The summed E-state index contributed by atoms with van der Waals surface area (Å²) in [6.07, 6.45) is 5.11. The predicted octanol–water partition coefficient (Wildman–Crippen LogP) is 11.7. The van der Waals surface area contributed by atoms with Crippen LogP contribution in [0.1, 0.15) is 76.7 Å². The molecule has 0 nitrogen and oxygen atoms in total. The van der Waals surface area contributed by atoms with Crippen LogP contribution >= 0.6 is 24.8 Å². The number of benzene rings is 4. The van der Waals surface area contributed by atoms with Gasteiger partial charge in [0.25, 0.3) is 0 Å². The van der Waals surface area contributed by atoms with Crippen molar-refractivity contribution in [3.63, 3.8) is 0 Å². The normalized spacial score (nSPS) is 17.2. The molecule has 2 aliphatic carbocycles. The molecule has 0 bridgehead atoms. The van der Waals surface area contributed by atoms with E-state index in [-0.39, 0.29) is 24.8 Å². The van der Waals surface area contributed by atoms with E-state index in [0.717, 1.165) is 0 Å². The van der Waals surface area contributed by atoms with E-state index in [1.54, 1.807) is 22.3 Å². The van der Waals surface area contributed by atoms with Crippen LogP contribution in [0.2, 0.25) is 9.26 Å². The number of hydrogen-bond donors (Lipinski definition) is 0. The summed E-state index contributed by atoms with van der Waals surface area (Å²) >= 11 is -3.59. The van der Waals surface area contributed by atoms with Gasteiger partial charge in [-0.05, 0) is 0 Å². The number of rotatable bonds is 4. The van der Waals surface area contributed by atoms with Gasteiger partial charge in [0.15, 0.2) is 0 Å². The second kappa shape index (κ2) is 12.0. The summed E-state index contributed by atoms with van der Waals surface area (Å²) in [5, 5.41) is 0. The molecule has 2 atom stereocenters. The van der Waals surface area contributed by atoms with Crippen molar-refractivity contribution in [3.8, 4) is 22.3 Å². The molecule has 4 aromatic carbocycles. The van der Waals surface area contributed by atoms with Crippen molar-refractivity contribution in [2.75, 3.05) is 0 Å². The molecule has 4 aromatic rings. The van der Waals surface area contributed by atoms with Gasteiger partial charge >= 0.3 is 258 Å². The van der Waals surface area contributed by atoms with E-state index in [4.69, 9.17) is 0 Å². The van der Waals surface area contributed by atoms with Gasteiger partial charge in [-0.3, -0.25) is 0 Å². The third kappa shape index (κ3) is 5.64. The minimum Gasteiger partial charge on any atom is -0.147 e. The van der Waals surface area contributed by atoms with E-state index in [0.29, 0.717) is 7.25 Å². The summed E-state index contributed by atoms with van der Waals surface area (Å²) in [7, 11) is 0. The van der Waals surface area contributed by atoms with Gasteiger partial charge in [0.1, 0.15) is 0 Å². The predicted molar refractivity (Wildman–Crippen MR) is 200 cm³/mol. The van der Waals surface area contributed by atoms with E-state index >= 15 is 0 Å². The zero-order valence-electron chi connectivity index (χ0n) is 28.1. The average molecular weight is 719 g/mol. The van der Waals surface area contributed by atoms with Crippen LogP contribution in [-0.4, -0.2) is 6.88 Å². The standard InChI is InChI=1S/2C19H19.2CH3.2ClH.H2Si.Zr/c2*1-12-7-13(2)10-17(9-12)19-15(4)5-6-16-8-14(3)11-18(16)19;;;;;;/h2*5-11H,1-4H3;2*1H3;2*1H;1H2;. The quantitative estimate of drug-likeness (QED) is 0.184. The van der Waals surface area contributed by atoms with E-state index in [2.05, 4.69) is 144 Å². The molecule has 0 spiro atoms. The minimum atomic E-state index is -3.59. The Morgan fingerprint density at radius 2 is 0.818 bits per heavy atom. The molecule has 2 aliphatic rings. The maximum atomic E-state index is 2.75. The van der Waals surface area contributed by atoms with Crippen LogP contribution in [0.4, 0.5) is 0 Å². The Balaban J connectivity index is 0.00000221. The number of fused-ring (bicyclic) bond motifs is 2. The summed E-state index contributed by atoms with van der Waals surface area (Å²) in [5.41, 5.74) is 22.9. The van der Waals surface area contributed by atoms with Gasteiger partial charge < -0.3 is 0 Å². The molecule has 4 heteroatoms. The third-order valence-corrected chi connectivity index (χ3v) is 28.1. The fourth-order valence-electron chi connectivity index (χ4n) is 9.10. The van der Waals surface area contributed by atoms with Gasteiger partial charge in [0, 0.05) is 0 Å². The molecule has 0 saturated heterocycles. The summed E-state index contributed by atoms with van der Waals surface area (Å²) in [6.45, 7) is 20.8. The fourth-order valence-corrected chi connectivity index (χ4v) is 30.4. The Labute approximate surface area is 280 Å². The molecule has 44 heavy (non-hydrogen) atoms. The molecule has 0 fully saturated rings. The molecule has 0 heterocycles. The molecule has 0 N–H and O–H groups in total. The second-order valence-corrected chi connectivity index (χ2v) is 45.3. The number of halogens is 2. The SMILES string of the molecule is CC1=Cc2c(ccc(C)c2-c2cc(C)cc(C)c2)[CH]1[Zr]([CH3])([CH3])(=[SiH2])[CH]1C(C)=Cc2c1ccc(C)c2-c1cc(C)cc(C)c1.Cl.Cl. The molecule has 0 aromatic heterocycles. The maximum Gasteiger partial charge on any atom is -0.147 e. The number of aryl methyl sites for hydroxylation is 6. The molecule has 2 unspecified atom stereocenters. The third-order valence-electron chi connectivity index (χ3n) is 10.2. The second-order valence-electron chi connectivity index (χ2n) is 14.9. The van der Waals surface area contributed by atoms with E-state index in [1.807, 2.05) is 0 Å². The molecule has 6 rings (SSSR count). The van der Waals surface area contributed by atoms with Crippen LogP contribution in [0.25, 0.3) is 34.4 Å². The molecule has 230 valence electrons. The van der Waals surface area contributed by atoms with Crippen LogP contribution in [0.15, 0.2) is 71.8 Å². The molecule has 0 aliphatic heterocycles. The maximum absolute atomic E-state index is 3.59. The largest absolute Gasteiger partial charge is 0.147 e. The Morgan fingerprint density at radius 3 is 1.14 bits per heavy atom. The number of hydrogen-bond acceptors (Lipinski definition) is 0. The van der Waals surface area contributed by atoms with E-state index < -0.39 is 17.4 Å². The first kappa shape index (κ1) is 34.9. The van der Waals surface area contributed by atoms with Gasteiger partial charge in [-0.25, -0.2) is 0 Å². The van der Waals surface area contributed by atoms with Crippen molar-refractivity contribution < 1.29 is 17.4 Å². The van der Waals surface area contributed by atoms with Crippen molar-refractivity contribution in [3.05, 3.63) is 127 Å². The summed E-state index contributed by atoms with van der Waals surface area (Å²) in [5.74, 6) is 0. The summed E-state index contributed by atoms with van der Waals surface area (Å²) in [4.78, 5) is 0. The van der Waals surface area contributed by atoms with E-state index in [1.165, 1.54) is 66.8 Å². The van der Waals surface area contributed by atoms with Gasteiger partial charge in [-0.15, -0.1) is 24.8 Å². The van der Waals surface area contributed by atoms with Crippen LogP contribution < -0.4 is 0 Å². The molecule has 0 saturated carbocycles. The zero-order valence-corrected chi connectivity index (χ0v) is 33.6. The first-order valence-corrected chi connectivity index (χ1v) is 29.2. The van der Waals surface area contributed by atoms with Gasteiger partial charge in [-0.2, -0.15) is 0 Å². The van der Waals surface area contributed by atoms with Gasteiger partial charge in [0.05, 0.1) is 0 Å². The van der Waals surface area contributed by atoms with Crippen molar-refractivity contribution in [2.45, 2.75) is 71.9 Å². The first-order chi connectivity index (χ1) is 19.6. The summed E-state index contributed by atoms with van der Waals surface area (Å²) in [6, 6.07) is 23.8. The smallest absolute Gasteiger partial charge is 0.147 e. The Bertz CT molecular complexity index is 1780. The Morgan fingerprint density at radius 1 is 0.500 bits per heavy atom. The molecular weight excluding hydrogens is 671 g/mol. The Hall–Kier alpha value is -1.96. The van der Waals surface area contributed by atoms with Crippen molar-refractivity contribution in [1.82, 2.24) is 0 Å². The van der Waals surface area contributed by atoms with Crippen molar-refractivity contribution in [2.24, 2.45) is 0 Å². The minimum absolute atomic E-state index is 0. The molecular formula is C40H48Cl2SiZr. The van der Waals surface area contributed by atoms with Gasteiger partial charge in [-0.1, -0.05) is 0 Å². The van der Waals surface area contributed by atoms with Crippen molar-refractivity contribution >= 4 is 43.8 Å². The summed E-state index contributed by atoms with van der Waals surface area (Å²) < 4.78 is 6.55. The van der Waals surface area contributed by atoms with Crippen LogP contribution in [-0.2, 0) is 17.4 Å². The average Bonchev–Trinajstić information content (AvgIpc) is 3.39. The molecule has 0 amide bonds. The Kier molecular flexibility index (Phi) is 9.52. The van der Waals surface area contributed by atoms with Gasteiger partial charge in [0.2, 0.25) is 0 Å². The van der Waals surface area contributed by atoms with Crippen LogP contribution in [0.3, 0.4) is 0 Å². The monoisotopic (exact) mass is 716 g/mol. The van der Waals surface area contributed by atoms with Crippen LogP contribution in [0.5, 0.6) is 0 Å². The fraction of sp³-hybridized carbons (Fsp3) is 0.300. The van der Waals surface area contributed by atoms with Crippen LogP contribution in [0, 0.1) is 41.5 Å². The first-order valence-electron chi connectivity index (χ1n) is 15.5.